The lowest BCUT2D eigenvalue weighted by atomic mass is 9.86. The van der Waals surface area contributed by atoms with Crippen molar-refractivity contribution in [2.24, 2.45) is 0 Å². The van der Waals surface area contributed by atoms with Crippen molar-refractivity contribution in [3.8, 4) is 41.0 Å². The van der Waals surface area contributed by atoms with Gasteiger partial charge in [0, 0.05) is 16.1 Å². The highest BCUT2D eigenvalue weighted by Gasteiger charge is 2.26. The molecule has 0 saturated carbocycles. The number of carbonyl (C=O) groups is 1. The van der Waals surface area contributed by atoms with Crippen LogP contribution in [-0.2, 0) is 10.8 Å². The Balaban J connectivity index is 1.62. The number of ether oxygens (including phenoxy) is 5. The summed E-state index contributed by atoms with van der Waals surface area (Å²) in [5.74, 6) is 1.42. The largest absolute Gasteiger partial charge is 0.479 e. The summed E-state index contributed by atoms with van der Waals surface area (Å²) in [7, 11) is 4.21. The van der Waals surface area contributed by atoms with Crippen LogP contribution in [0.4, 0.5) is 5.69 Å². The Bertz CT molecular complexity index is 1700. The van der Waals surface area contributed by atoms with Gasteiger partial charge in [-0.15, -0.1) is 0 Å². The summed E-state index contributed by atoms with van der Waals surface area (Å²) in [5.41, 5.74) is 1.73. The molecule has 0 bridgehead atoms. The maximum atomic E-state index is 13.1. The number of amides is 1. The summed E-state index contributed by atoms with van der Waals surface area (Å²) in [4.78, 5) is 21.3. The molecule has 10 nitrogen and oxygen atoms in total. The summed E-state index contributed by atoms with van der Waals surface area (Å²) < 4.78 is 36.4. The number of halogens is 3. The number of benzene rings is 2. The predicted molar refractivity (Wildman–Crippen MR) is 182 cm³/mol. The van der Waals surface area contributed by atoms with Crippen molar-refractivity contribution in [1.29, 1.82) is 0 Å². The van der Waals surface area contributed by atoms with Crippen LogP contribution in [0, 0.1) is 0 Å². The Labute approximate surface area is 287 Å². The highest BCUT2D eigenvalue weighted by atomic mass is 79.9. The van der Waals surface area contributed by atoms with Crippen LogP contribution in [0.3, 0.4) is 0 Å². The van der Waals surface area contributed by atoms with Gasteiger partial charge in [0.25, 0.3) is 11.9 Å². The predicted octanol–water partition coefficient (Wildman–Crippen LogP) is 9.81. The summed E-state index contributed by atoms with van der Waals surface area (Å²) >= 11 is 11.0. The van der Waals surface area contributed by atoms with Crippen LogP contribution in [-0.4, -0.2) is 37.2 Å². The van der Waals surface area contributed by atoms with E-state index in [0.717, 1.165) is 20.1 Å². The minimum atomic E-state index is -0.594. The summed E-state index contributed by atoms with van der Waals surface area (Å²) in [6, 6.07) is 10.8. The van der Waals surface area contributed by atoms with E-state index in [1.165, 1.54) is 27.4 Å². The first kappa shape index (κ1) is 34.6. The fourth-order valence-electron chi connectivity index (χ4n) is 4.26. The zero-order chi connectivity index (χ0) is 33.3. The summed E-state index contributed by atoms with van der Waals surface area (Å²) in [6.45, 7) is 12.7. The molecular weight excluding hydrogens is 778 g/mol. The molecule has 0 aliphatic rings. The van der Waals surface area contributed by atoms with Gasteiger partial charge in [0.1, 0.15) is 17.2 Å². The average molecular weight is 812 g/mol. The van der Waals surface area contributed by atoms with Crippen LogP contribution >= 0.6 is 47.8 Å². The molecule has 2 aromatic carbocycles. The second kappa shape index (κ2) is 13.6. The first-order chi connectivity index (χ1) is 21.0. The van der Waals surface area contributed by atoms with E-state index in [9.17, 15) is 4.79 Å². The zero-order valence-electron chi connectivity index (χ0n) is 26.4. The van der Waals surface area contributed by atoms with Crippen LogP contribution < -0.4 is 29.0 Å². The lowest BCUT2D eigenvalue weighted by Crippen LogP contribution is -2.14. The topological polar surface area (TPSA) is 114 Å². The molecule has 4 rings (SSSR count). The third kappa shape index (κ3) is 7.93. The molecule has 0 fully saturated rings. The fraction of sp³-hybridized carbons (Fsp3) is 0.344. The summed E-state index contributed by atoms with van der Waals surface area (Å²) in [5, 5.41) is 2.67. The van der Waals surface area contributed by atoms with Gasteiger partial charge in [-0.3, -0.25) is 4.79 Å². The fourth-order valence-corrected chi connectivity index (χ4v) is 6.33. The Morgan fingerprint density at radius 3 is 1.82 bits per heavy atom. The van der Waals surface area contributed by atoms with Crippen LogP contribution in [0.2, 0.25) is 0 Å². The standard InChI is InChI=1S/C32H34Br3N3O7/c1-31(2,3)16-12-23(19(34)14-18(16)33)43-22-15-20(35)24(13-17(22)32(4,5)6)45-25-11-10-21(44-25)27(39)36-26-28(40-7)37-30(42-9)38-29(26)41-8/h10-15H,1-9H3,(H,36,39). The third-order valence-electron chi connectivity index (χ3n) is 6.54. The highest BCUT2D eigenvalue weighted by molar-refractivity contribution is 9.11. The molecule has 0 atom stereocenters. The quantitative estimate of drug-likeness (QED) is 0.177. The normalized spacial score (nSPS) is 11.6. The van der Waals surface area contributed by atoms with E-state index in [0.29, 0.717) is 21.7 Å². The molecule has 45 heavy (non-hydrogen) atoms. The van der Waals surface area contributed by atoms with Gasteiger partial charge in [0.2, 0.25) is 11.8 Å². The van der Waals surface area contributed by atoms with Crippen LogP contribution in [0.15, 0.2) is 54.2 Å². The Morgan fingerprint density at radius 2 is 1.27 bits per heavy atom. The molecular formula is C32H34Br3N3O7. The highest BCUT2D eigenvalue weighted by Crippen LogP contribution is 2.45. The molecule has 1 amide bonds. The van der Waals surface area contributed by atoms with Crippen molar-refractivity contribution in [1.82, 2.24) is 9.97 Å². The van der Waals surface area contributed by atoms with Crippen molar-refractivity contribution < 1.29 is 32.9 Å². The monoisotopic (exact) mass is 809 g/mol. The van der Waals surface area contributed by atoms with Crippen molar-refractivity contribution in [2.75, 3.05) is 26.6 Å². The molecule has 240 valence electrons. The minimum Gasteiger partial charge on any atom is -0.479 e. The van der Waals surface area contributed by atoms with Crippen LogP contribution in [0.25, 0.3) is 0 Å². The van der Waals surface area contributed by atoms with Crippen LogP contribution in [0.1, 0.15) is 63.2 Å². The van der Waals surface area contributed by atoms with Gasteiger partial charge < -0.3 is 33.4 Å². The molecule has 1 N–H and O–H groups in total. The van der Waals surface area contributed by atoms with Crippen molar-refractivity contribution >= 4 is 59.4 Å². The maximum absolute atomic E-state index is 13.1. The number of carbonyl (C=O) groups excluding carboxylic acids is 1. The van der Waals surface area contributed by atoms with Crippen molar-refractivity contribution in [3.63, 3.8) is 0 Å². The summed E-state index contributed by atoms with van der Waals surface area (Å²) in [6.07, 6.45) is 0. The minimum absolute atomic E-state index is 0.0196. The lowest BCUT2D eigenvalue weighted by molar-refractivity contribution is 0.0990. The lowest BCUT2D eigenvalue weighted by Gasteiger charge is -2.26. The van der Waals surface area contributed by atoms with Gasteiger partial charge in [0.15, 0.2) is 11.4 Å². The molecule has 4 aromatic rings. The maximum Gasteiger partial charge on any atom is 0.322 e. The number of methoxy groups -OCH3 is 3. The molecule has 0 unspecified atom stereocenters. The smallest absolute Gasteiger partial charge is 0.322 e. The molecule has 0 spiro atoms. The number of anilines is 1. The van der Waals surface area contributed by atoms with Crippen molar-refractivity contribution in [3.05, 3.63) is 66.7 Å². The molecule has 0 aliphatic heterocycles. The van der Waals surface area contributed by atoms with Gasteiger partial charge in [-0.05, 0) is 78.6 Å². The van der Waals surface area contributed by atoms with E-state index >= 15 is 0 Å². The van der Waals surface area contributed by atoms with Crippen molar-refractivity contribution in [2.45, 2.75) is 52.4 Å². The van der Waals surface area contributed by atoms with Gasteiger partial charge in [-0.1, -0.05) is 57.5 Å². The number of nitrogens with one attached hydrogen (secondary N) is 1. The Morgan fingerprint density at radius 1 is 0.711 bits per heavy atom. The van der Waals surface area contributed by atoms with Gasteiger partial charge in [0.05, 0.1) is 30.3 Å². The van der Waals surface area contributed by atoms with E-state index in [1.54, 1.807) is 6.07 Å². The molecule has 0 aliphatic carbocycles. The number of rotatable bonds is 9. The van der Waals surface area contributed by atoms with E-state index in [2.05, 4.69) is 105 Å². The van der Waals surface area contributed by atoms with Gasteiger partial charge in [-0.25, -0.2) is 0 Å². The first-order valence-electron chi connectivity index (χ1n) is 13.7. The molecule has 2 heterocycles. The SMILES string of the molecule is COc1nc(OC)c(NC(=O)c2ccc(Oc3cc(C(C)(C)C)c(Oc4cc(C(C)(C)C)c(Br)cc4Br)cc3Br)o2)c(OC)n1. The zero-order valence-corrected chi connectivity index (χ0v) is 31.1. The first-order valence-corrected chi connectivity index (χ1v) is 16.1. The number of hydrogen-bond acceptors (Lipinski definition) is 9. The van der Waals surface area contributed by atoms with E-state index in [4.69, 9.17) is 28.1 Å². The van der Waals surface area contributed by atoms with Crippen LogP contribution in [0.5, 0.6) is 41.0 Å². The Hall–Kier alpha value is -3.29. The van der Waals surface area contributed by atoms with Gasteiger partial charge in [-0.2, -0.15) is 9.97 Å². The van der Waals surface area contributed by atoms with E-state index < -0.39 is 5.91 Å². The second-order valence-electron chi connectivity index (χ2n) is 11.9. The van der Waals surface area contributed by atoms with E-state index in [1.807, 2.05) is 24.3 Å². The molecule has 0 radical (unpaired) electrons. The molecule has 2 aromatic heterocycles. The van der Waals surface area contributed by atoms with E-state index in [-0.39, 0.29) is 46.0 Å². The Kier molecular flexibility index (Phi) is 10.4. The number of aromatic nitrogens is 2. The molecule has 13 heteroatoms. The number of hydrogen-bond donors (Lipinski definition) is 1. The van der Waals surface area contributed by atoms with Gasteiger partial charge >= 0.3 is 6.01 Å². The molecule has 0 saturated heterocycles. The average Bonchev–Trinajstić information content (AvgIpc) is 3.43. The third-order valence-corrected chi connectivity index (χ3v) is 8.43. The number of nitrogens with zero attached hydrogens (tertiary/aromatic N) is 2. The second-order valence-corrected chi connectivity index (χ2v) is 14.5. The number of furan rings is 1.